The third-order valence-electron chi connectivity index (χ3n) is 4.11. The first-order chi connectivity index (χ1) is 12.3. The van der Waals surface area contributed by atoms with Crippen LogP contribution in [0.4, 0.5) is 11.6 Å². The molecule has 0 aliphatic carbocycles. The predicted molar refractivity (Wildman–Crippen MR) is 95.6 cm³/mol. The van der Waals surface area contributed by atoms with Gasteiger partial charge in [-0.15, -0.1) is 0 Å². The van der Waals surface area contributed by atoms with Crippen molar-refractivity contribution in [1.82, 2.24) is 14.5 Å². The van der Waals surface area contributed by atoms with Gasteiger partial charge in [-0.25, -0.2) is 23.9 Å². The molecule has 0 saturated carbocycles. The first-order valence-corrected chi connectivity index (χ1v) is 7.98. The molecule has 0 unspecified atom stereocenters. The molecule has 4 N–H and O–H groups in total. The number of methoxy groups -OCH3 is 1. The van der Waals surface area contributed by atoms with Crippen molar-refractivity contribution in [3.05, 3.63) is 34.9 Å². The first kappa shape index (κ1) is 21.0. The molecule has 0 amide bonds. The Kier molecular flexibility index (Phi) is 6.31. The fourth-order valence-electron chi connectivity index (χ4n) is 2.67. The Bertz CT molecular complexity index is 1020. The van der Waals surface area contributed by atoms with Crippen LogP contribution in [0, 0.1) is 0 Å². The van der Waals surface area contributed by atoms with Gasteiger partial charge >= 0.3 is 5.97 Å². The summed E-state index contributed by atoms with van der Waals surface area (Å²) < 4.78 is 14.4. The number of hydrogen-bond donors (Lipinski definition) is 2. The van der Waals surface area contributed by atoms with E-state index in [9.17, 15) is 4.79 Å². The van der Waals surface area contributed by atoms with Crippen molar-refractivity contribution in [1.29, 1.82) is 0 Å². The minimum atomic E-state index is -0.736. The number of nitrogens with two attached hydrogens (primary N) is 2. The SMILES string of the molecule is COc1ccc2c(c1)n(C)c(COC(=O)c1nc(Cl)c(N)nc1N)[n+]2C.[I-]. The Morgan fingerprint density at radius 3 is 2.67 bits per heavy atom. The van der Waals surface area contributed by atoms with E-state index in [0.29, 0.717) is 0 Å². The van der Waals surface area contributed by atoms with Crippen molar-refractivity contribution in [2.45, 2.75) is 6.61 Å². The Morgan fingerprint density at radius 1 is 1.30 bits per heavy atom. The van der Waals surface area contributed by atoms with Gasteiger partial charge in [-0.3, -0.25) is 0 Å². The molecule has 27 heavy (non-hydrogen) atoms. The molecule has 0 radical (unpaired) electrons. The summed E-state index contributed by atoms with van der Waals surface area (Å²) in [6, 6.07) is 5.71. The van der Waals surface area contributed by atoms with Crippen LogP contribution in [0.15, 0.2) is 18.2 Å². The third-order valence-corrected chi connectivity index (χ3v) is 4.39. The Balaban J connectivity index is 0.00000261. The van der Waals surface area contributed by atoms with Crippen LogP contribution in [-0.2, 0) is 25.4 Å². The van der Waals surface area contributed by atoms with Crippen molar-refractivity contribution in [3.63, 3.8) is 0 Å². The highest BCUT2D eigenvalue weighted by atomic mass is 127. The molecule has 1 aromatic carbocycles. The number of anilines is 2. The normalized spacial score (nSPS) is 10.5. The van der Waals surface area contributed by atoms with Gasteiger partial charge in [0.15, 0.2) is 40.1 Å². The van der Waals surface area contributed by atoms with Crippen molar-refractivity contribution in [3.8, 4) is 5.75 Å². The Hall–Kier alpha value is -2.34. The van der Waals surface area contributed by atoms with Gasteiger partial charge in [0.2, 0.25) is 0 Å². The lowest BCUT2D eigenvalue weighted by Crippen LogP contribution is -3.00. The van der Waals surface area contributed by atoms with E-state index in [1.807, 2.05) is 41.4 Å². The van der Waals surface area contributed by atoms with Crippen LogP contribution in [0.25, 0.3) is 11.0 Å². The van der Waals surface area contributed by atoms with Gasteiger partial charge in [0.1, 0.15) is 5.75 Å². The number of ether oxygens (including phenoxy) is 2. The molecule has 0 fully saturated rings. The number of aryl methyl sites for hydroxylation is 2. The minimum Gasteiger partial charge on any atom is -1.00 e. The molecule has 0 aliphatic heterocycles. The van der Waals surface area contributed by atoms with Crippen molar-refractivity contribution in [2.75, 3.05) is 18.6 Å². The highest BCUT2D eigenvalue weighted by Gasteiger charge is 2.24. The molecule has 144 valence electrons. The standard InChI is InChI=1S/C16H17ClN6O3.HI/c1-22-9-5-4-8(25-3)6-10(9)23(2)11(22)7-26-16(24)12-14(18)21-15(19)13(17)20-12;/h4-6H,7H2,1-3H3,(H3-,18,19,21,24);1H. The van der Waals surface area contributed by atoms with Crippen LogP contribution in [0.5, 0.6) is 5.75 Å². The zero-order valence-electron chi connectivity index (χ0n) is 14.9. The molecule has 0 spiro atoms. The number of imidazole rings is 1. The number of benzene rings is 1. The summed E-state index contributed by atoms with van der Waals surface area (Å²) in [6.45, 7) is 0.00590. The Labute approximate surface area is 177 Å². The second kappa shape index (κ2) is 8.13. The van der Waals surface area contributed by atoms with E-state index in [0.717, 1.165) is 22.6 Å². The maximum atomic E-state index is 12.3. The molecule has 0 atom stereocenters. The molecule has 3 rings (SSSR count). The zero-order valence-corrected chi connectivity index (χ0v) is 17.8. The maximum absolute atomic E-state index is 12.3. The molecular weight excluding hydrogens is 487 g/mol. The second-order valence-electron chi connectivity index (χ2n) is 5.60. The number of esters is 1. The molecule has 11 heteroatoms. The van der Waals surface area contributed by atoms with Crippen LogP contribution in [-0.4, -0.2) is 27.6 Å². The number of carbonyl (C=O) groups is 1. The summed E-state index contributed by atoms with van der Waals surface area (Å²) in [7, 11) is 5.36. The second-order valence-corrected chi connectivity index (χ2v) is 5.96. The third kappa shape index (κ3) is 3.86. The van der Waals surface area contributed by atoms with Crippen molar-refractivity contribution < 1.29 is 42.8 Å². The van der Waals surface area contributed by atoms with Gasteiger partial charge in [-0.2, -0.15) is 0 Å². The minimum absolute atomic E-state index is 0. The van der Waals surface area contributed by atoms with Crippen molar-refractivity contribution >= 4 is 40.2 Å². The van der Waals surface area contributed by atoms with Gasteiger partial charge in [0, 0.05) is 6.07 Å². The number of rotatable bonds is 4. The average Bonchev–Trinajstić information content (AvgIpc) is 2.86. The van der Waals surface area contributed by atoms with Gasteiger partial charge in [-0.1, -0.05) is 11.6 Å². The van der Waals surface area contributed by atoms with E-state index < -0.39 is 5.97 Å². The number of nitrogens with zero attached hydrogens (tertiary/aromatic N) is 4. The van der Waals surface area contributed by atoms with Gasteiger partial charge in [0.25, 0.3) is 5.82 Å². The summed E-state index contributed by atoms with van der Waals surface area (Å²) in [5, 5.41) is -0.103. The van der Waals surface area contributed by atoms with E-state index in [1.54, 1.807) is 7.11 Å². The van der Waals surface area contributed by atoms with Crippen LogP contribution in [0.3, 0.4) is 0 Å². The lowest BCUT2D eigenvalue weighted by atomic mass is 10.3. The fourth-order valence-corrected chi connectivity index (χ4v) is 2.80. The maximum Gasteiger partial charge on any atom is 0.361 e. The molecule has 2 aromatic heterocycles. The topological polar surface area (TPSA) is 122 Å². The molecular formula is C16H18ClIN6O3. The smallest absolute Gasteiger partial charge is 0.361 e. The van der Waals surface area contributed by atoms with Crippen LogP contribution in [0.1, 0.15) is 16.3 Å². The average molecular weight is 505 g/mol. The number of carbonyl (C=O) groups excluding carboxylic acids is 1. The van der Waals surface area contributed by atoms with Crippen molar-refractivity contribution in [2.24, 2.45) is 14.1 Å². The number of aromatic nitrogens is 4. The summed E-state index contributed by atoms with van der Waals surface area (Å²) in [5.74, 6) is 0.578. The van der Waals surface area contributed by atoms with Crippen LogP contribution in [0.2, 0.25) is 5.15 Å². The first-order valence-electron chi connectivity index (χ1n) is 7.60. The Morgan fingerprint density at radius 2 is 2.00 bits per heavy atom. The molecule has 0 bridgehead atoms. The highest BCUT2D eigenvalue weighted by Crippen LogP contribution is 2.21. The quantitative estimate of drug-likeness (QED) is 0.239. The summed E-state index contributed by atoms with van der Waals surface area (Å²) in [5.41, 5.74) is 12.9. The molecule has 0 saturated heterocycles. The molecule has 2 heterocycles. The van der Waals surface area contributed by atoms with E-state index in [-0.39, 0.29) is 53.1 Å². The summed E-state index contributed by atoms with van der Waals surface area (Å²) >= 11 is 5.80. The summed E-state index contributed by atoms with van der Waals surface area (Å²) in [4.78, 5) is 19.9. The monoisotopic (exact) mass is 504 g/mol. The van der Waals surface area contributed by atoms with Gasteiger partial charge in [-0.05, 0) is 12.1 Å². The number of nitrogen functional groups attached to an aromatic ring is 2. The molecule has 3 aromatic rings. The molecule has 0 aliphatic rings. The van der Waals surface area contributed by atoms with Gasteiger partial charge in [0.05, 0.1) is 21.2 Å². The lowest BCUT2D eigenvalue weighted by Gasteiger charge is -2.06. The number of hydrogen-bond acceptors (Lipinski definition) is 7. The lowest BCUT2D eigenvalue weighted by molar-refractivity contribution is -0.655. The van der Waals surface area contributed by atoms with E-state index in [2.05, 4.69) is 9.97 Å². The summed E-state index contributed by atoms with van der Waals surface area (Å²) in [6.07, 6.45) is 0. The van der Waals surface area contributed by atoms with E-state index in [1.165, 1.54) is 0 Å². The van der Waals surface area contributed by atoms with Crippen LogP contribution < -0.4 is 44.7 Å². The number of fused-ring (bicyclic) bond motifs is 1. The van der Waals surface area contributed by atoms with Gasteiger partial charge < -0.3 is 44.9 Å². The highest BCUT2D eigenvalue weighted by molar-refractivity contribution is 6.31. The van der Waals surface area contributed by atoms with E-state index in [4.69, 9.17) is 32.5 Å². The molecule has 9 nitrogen and oxygen atoms in total. The number of halogens is 2. The fraction of sp³-hybridized carbons (Fsp3) is 0.250. The zero-order chi connectivity index (χ0) is 19.0. The largest absolute Gasteiger partial charge is 1.00 e. The van der Waals surface area contributed by atoms with Crippen LogP contribution >= 0.6 is 11.6 Å². The van der Waals surface area contributed by atoms with E-state index >= 15 is 0 Å². The predicted octanol–water partition coefficient (Wildman–Crippen LogP) is -2.02.